The molecule has 0 bridgehead atoms. The van der Waals surface area contributed by atoms with Crippen molar-refractivity contribution in [3.8, 4) is 0 Å². The summed E-state index contributed by atoms with van der Waals surface area (Å²) in [5.41, 5.74) is 7.83. The van der Waals surface area contributed by atoms with Crippen molar-refractivity contribution in [1.82, 2.24) is 14.5 Å². The van der Waals surface area contributed by atoms with Crippen molar-refractivity contribution in [1.29, 1.82) is 0 Å². The van der Waals surface area contributed by atoms with E-state index in [1.807, 2.05) is 0 Å². The number of aliphatic imine (C=N–C) groups is 1. The number of hydrogen-bond donors (Lipinski definition) is 2. The van der Waals surface area contributed by atoms with Gasteiger partial charge in [-0.3, -0.25) is 9.79 Å². The number of ether oxygens (including phenoxy) is 1. The molecule has 3 heterocycles. The quantitative estimate of drug-likeness (QED) is 0.722. The summed E-state index contributed by atoms with van der Waals surface area (Å²) < 4.78 is 6.78. The molecule has 3 rings (SSSR count). The predicted octanol–water partition coefficient (Wildman–Crippen LogP) is 1.81. The summed E-state index contributed by atoms with van der Waals surface area (Å²) in [7, 11) is 0. The summed E-state index contributed by atoms with van der Waals surface area (Å²) in [5, 5.41) is 3.18. The zero-order valence-corrected chi connectivity index (χ0v) is 15.5. The minimum absolute atomic E-state index is 0.0365. The van der Waals surface area contributed by atoms with Crippen LogP contribution >= 0.6 is 0 Å². The first kappa shape index (κ1) is 18.8. The molecular weight excluding hydrogens is 344 g/mol. The molecular formula is C19H24N6O2. The number of nitrogens with zero attached hydrogens (tertiary/aromatic N) is 4. The average Bonchev–Trinajstić information content (AvgIpc) is 2.62. The predicted molar refractivity (Wildman–Crippen MR) is 106 cm³/mol. The van der Waals surface area contributed by atoms with Crippen LogP contribution in [-0.4, -0.2) is 40.0 Å². The standard InChI is InChI=1S/C19H24N6O2/c1-13(2)9-25-10-16(3-4-18(25)26)21-6-14(5-20)15-7-22-19(23-8-15)24-17-11-27-12-17/h3-8,10,13,17H,9,11-12,20H2,1-2H3,(H,22,23,24). The summed E-state index contributed by atoms with van der Waals surface area (Å²) in [4.78, 5) is 24.9. The Morgan fingerprint density at radius 2 is 2.15 bits per heavy atom. The molecule has 1 saturated heterocycles. The molecule has 1 aliphatic heterocycles. The van der Waals surface area contributed by atoms with Crippen molar-refractivity contribution >= 4 is 23.4 Å². The summed E-state index contributed by atoms with van der Waals surface area (Å²) in [6.07, 6.45) is 8.24. The Morgan fingerprint density at radius 3 is 2.74 bits per heavy atom. The molecule has 0 aromatic carbocycles. The third-order valence-electron chi connectivity index (χ3n) is 4.02. The Kier molecular flexibility index (Phi) is 5.97. The minimum atomic E-state index is -0.0365. The van der Waals surface area contributed by atoms with E-state index in [1.165, 1.54) is 12.3 Å². The second-order valence-corrected chi connectivity index (χ2v) is 6.83. The number of hydrogen-bond acceptors (Lipinski definition) is 7. The van der Waals surface area contributed by atoms with Crippen LogP contribution in [0.15, 0.2) is 46.7 Å². The van der Waals surface area contributed by atoms with Gasteiger partial charge in [-0.2, -0.15) is 0 Å². The van der Waals surface area contributed by atoms with Crippen LogP contribution in [0.4, 0.5) is 11.6 Å². The van der Waals surface area contributed by atoms with E-state index in [2.05, 4.69) is 34.1 Å². The molecule has 142 valence electrons. The van der Waals surface area contributed by atoms with E-state index < -0.39 is 0 Å². The largest absolute Gasteiger partial charge is 0.404 e. The Bertz CT molecular complexity index is 882. The first-order valence-corrected chi connectivity index (χ1v) is 8.88. The van der Waals surface area contributed by atoms with Crippen LogP contribution in [0, 0.1) is 5.92 Å². The van der Waals surface area contributed by atoms with Crippen molar-refractivity contribution in [2.75, 3.05) is 18.5 Å². The SMILES string of the molecule is CC(C)Cn1cc(N=CC(=CN)c2cnc(NC3COC3)nc2)ccc1=O. The number of pyridine rings is 1. The summed E-state index contributed by atoms with van der Waals surface area (Å²) >= 11 is 0. The fraction of sp³-hybridized carbons (Fsp3) is 0.368. The van der Waals surface area contributed by atoms with E-state index in [1.54, 1.807) is 35.4 Å². The Balaban J connectivity index is 1.71. The molecule has 0 saturated carbocycles. The summed E-state index contributed by atoms with van der Waals surface area (Å²) in [6.45, 7) is 6.12. The van der Waals surface area contributed by atoms with E-state index in [0.717, 1.165) is 5.56 Å². The van der Waals surface area contributed by atoms with Gasteiger partial charge < -0.3 is 20.4 Å². The van der Waals surface area contributed by atoms with Gasteiger partial charge >= 0.3 is 0 Å². The van der Waals surface area contributed by atoms with Gasteiger partial charge in [0.05, 0.1) is 24.9 Å². The fourth-order valence-corrected chi connectivity index (χ4v) is 2.54. The van der Waals surface area contributed by atoms with Crippen LogP contribution in [0.25, 0.3) is 5.57 Å². The van der Waals surface area contributed by atoms with Gasteiger partial charge in [0, 0.05) is 54.8 Å². The Hall–Kier alpha value is -3.00. The first-order valence-electron chi connectivity index (χ1n) is 8.88. The number of aromatic nitrogens is 3. The van der Waals surface area contributed by atoms with Gasteiger partial charge in [-0.25, -0.2) is 9.97 Å². The number of rotatable bonds is 7. The van der Waals surface area contributed by atoms with Crippen LogP contribution in [0.2, 0.25) is 0 Å². The van der Waals surface area contributed by atoms with E-state index in [9.17, 15) is 4.79 Å². The smallest absolute Gasteiger partial charge is 0.250 e. The van der Waals surface area contributed by atoms with Gasteiger partial charge in [0.1, 0.15) is 0 Å². The zero-order chi connectivity index (χ0) is 19.2. The maximum absolute atomic E-state index is 11.9. The molecule has 0 aliphatic carbocycles. The molecule has 2 aromatic rings. The monoisotopic (exact) mass is 368 g/mol. The highest BCUT2D eigenvalue weighted by Gasteiger charge is 2.18. The molecule has 0 radical (unpaired) electrons. The van der Waals surface area contributed by atoms with Gasteiger partial charge in [0.15, 0.2) is 0 Å². The van der Waals surface area contributed by atoms with Crippen LogP contribution in [0.5, 0.6) is 0 Å². The minimum Gasteiger partial charge on any atom is -0.404 e. The topological polar surface area (TPSA) is 107 Å². The van der Waals surface area contributed by atoms with Crippen molar-refractivity contribution in [2.45, 2.75) is 26.4 Å². The number of nitrogens with two attached hydrogens (primary N) is 1. The maximum atomic E-state index is 11.9. The van der Waals surface area contributed by atoms with Gasteiger partial charge in [0.25, 0.3) is 5.56 Å². The average molecular weight is 368 g/mol. The summed E-state index contributed by atoms with van der Waals surface area (Å²) in [5.74, 6) is 0.929. The van der Waals surface area contributed by atoms with Crippen molar-refractivity contribution < 1.29 is 4.74 Å². The Labute approximate surface area is 157 Å². The van der Waals surface area contributed by atoms with Crippen molar-refractivity contribution in [2.24, 2.45) is 16.6 Å². The highest BCUT2D eigenvalue weighted by Crippen LogP contribution is 2.15. The van der Waals surface area contributed by atoms with Gasteiger partial charge in [-0.05, 0) is 12.0 Å². The van der Waals surface area contributed by atoms with Gasteiger partial charge in [-0.15, -0.1) is 0 Å². The van der Waals surface area contributed by atoms with Gasteiger partial charge in [0.2, 0.25) is 5.95 Å². The molecule has 0 amide bonds. The number of allylic oxidation sites excluding steroid dienone is 1. The van der Waals surface area contributed by atoms with E-state index >= 15 is 0 Å². The van der Waals surface area contributed by atoms with E-state index in [-0.39, 0.29) is 11.6 Å². The molecule has 2 aromatic heterocycles. The first-order chi connectivity index (χ1) is 13.0. The lowest BCUT2D eigenvalue weighted by atomic mass is 10.1. The second kappa shape index (κ2) is 8.59. The normalized spacial score (nSPS) is 15.3. The fourth-order valence-electron chi connectivity index (χ4n) is 2.54. The van der Waals surface area contributed by atoms with Crippen LogP contribution < -0.4 is 16.6 Å². The molecule has 27 heavy (non-hydrogen) atoms. The Morgan fingerprint density at radius 1 is 1.41 bits per heavy atom. The van der Waals surface area contributed by atoms with E-state index in [4.69, 9.17) is 10.5 Å². The molecule has 8 nitrogen and oxygen atoms in total. The number of nitrogens with one attached hydrogen (secondary N) is 1. The molecule has 0 spiro atoms. The molecule has 8 heteroatoms. The van der Waals surface area contributed by atoms with Crippen LogP contribution in [-0.2, 0) is 11.3 Å². The van der Waals surface area contributed by atoms with Crippen molar-refractivity contribution in [3.63, 3.8) is 0 Å². The number of anilines is 1. The third-order valence-corrected chi connectivity index (χ3v) is 4.02. The lowest BCUT2D eigenvalue weighted by molar-refractivity contribution is 0.0208. The lowest BCUT2D eigenvalue weighted by Crippen LogP contribution is -2.40. The molecule has 3 N–H and O–H groups in total. The zero-order valence-electron chi connectivity index (χ0n) is 15.5. The lowest BCUT2D eigenvalue weighted by Gasteiger charge is -2.26. The molecule has 1 fully saturated rings. The third kappa shape index (κ3) is 5.01. The summed E-state index contributed by atoms with van der Waals surface area (Å²) in [6, 6.07) is 3.48. The highest BCUT2D eigenvalue weighted by atomic mass is 16.5. The van der Waals surface area contributed by atoms with Crippen LogP contribution in [0.1, 0.15) is 19.4 Å². The van der Waals surface area contributed by atoms with Crippen molar-refractivity contribution in [3.05, 3.63) is 52.8 Å². The second-order valence-electron chi connectivity index (χ2n) is 6.83. The van der Waals surface area contributed by atoms with Gasteiger partial charge in [-0.1, -0.05) is 13.8 Å². The maximum Gasteiger partial charge on any atom is 0.250 e. The molecule has 1 aliphatic rings. The highest BCUT2D eigenvalue weighted by molar-refractivity contribution is 6.10. The van der Waals surface area contributed by atoms with E-state index in [0.29, 0.717) is 42.9 Å². The molecule has 0 unspecified atom stereocenters. The van der Waals surface area contributed by atoms with Crippen LogP contribution in [0.3, 0.4) is 0 Å². The molecule has 0 atom stereocenters.